The van der Waals surface area contributed by atoms with Crippen LogP contribution in [0.15, 0.2) is 12.1 Å². The molecule has 2 rings (SSSR count). The summed E-state index contributed by atoms with van der Waals surface area (Å²) in [5, 5.41) is 0.916. The van der Waals surface area contributed by atoms with E-state index in [1.54, 1.807) is 24.9 Å². The van der Waals surface area contributed by atoms with Crippen molar-refractivity contribution in [3.05, 3.63) is 23.4 Å². The quantitative estimate of drug-likeness (QED) is 0.797. The van der Waals surface area contributed by atoms with E-state index in [0.717, 1.165) is 16.5 Å². The SMILES string of the molecule is COC(=O)c1c(C)c2cc(OC)cc(OC)c2n1C. The molecule has 1 aromatic heterocycles. The highest BCUT2D eigenvalue weighted by Crippen LogP contribution is 2.36. The lowest BCUT2D eigenvalue weighted by molar-refractivity contribution is 0.0589. The van der Waals surface area contributed by atoms with Crippen LogP contribution < -0.4 is 9.47 Å². The highest BCUT2D eigenvalue weighted by atomic mass is 16.5. The fraction of sp³-hybridized carbons (Fsp3) is 0.357. The van der Waals surface area contributed by atoms with Gasteiger partial charge in [0.1, 0.15) is 17.2 Å². The minimum atomic E-state index is -0.364. The highest BCUT2D eigenvalue weighted by Gasteiger charge is 2.21. The number of methoxy groups -OCH3 is 3. The van der Waals surface area contributed by atoms with Crippen molar-refractivity contribution in [2.24, 2.45) is 7.05 Å². The Balaban J connectivity index is 2.86. The van der Waals surface area contributed by atoms with Gasteiger partial charge in [-0.3, -0.25) is 0 Å². The summed E-state index contributed by atoms with van der Waals surface area (Å²) in [7, 11) is 6.38. The molecule has 0 saturated carbocycles. The second-order valence-corrected chi connectivity index (χ2v) is 4.25. The van der Waals surface area contributed by atoms with Crippen molar-refractivity contribution in [2.75, 3.05) is 21.3 Å². The molecule has 0 saturated heterocycles. The smallest absolute Gasteiger partial charge is 0.354 e. The van der Waals surface area contributed by atoms with Crippen LogP contribution in [-0.2, 0) is 11.8 Å². The van der Waals surface area contributed by atoms with Gasteiger partial charge in [0.15, 0.2) is 0 Å². The van der Waals surface area contributed by atoms with Crippen LogP contribution in [0.25, 0.3) is 10.9 Å². The Bertz CT molecular complexity index is 643. The third-order valence-electron chi connectivity index (χ3n) is 3.31. The summed E-state index contributed by atoms with van der Waals surface area (Å²) in [6, 6.07) is 3.68. The van der Waals surface area contributed by atoms with Crippen LogP contribution in [0.3, 0.4) is 0 Å². The topological polar surface area (TPSA) is 49.7 Å². The summed E-state index contributed by atoms with van der Waals surface area (Å²) >= 11 is 0. The number of carbonyl (C=O) groups is 1. The highest BCUT2D eigenvalue weighted by molar-refractivity contribution is 6.01. The number of carbonyl (C=O) groups excluding carboxylic acids is 1. The average Bonchev–Trinajstić information content (AvgIpc) is 2.69. The van der Waals surface area contributed by atoms with Gasteiger partial charge in [0.05, 0.1) is 26.8 Å². The van der Waals surface area contributed by atoms with Crippen molar-refractivity contribution in [2.45, 2.75) is 6.92 Å². The Morgan fingerprint density at radius 2 is 1.84 bits per heavy atom. The van der Waals surface area contributed by atoms with Gasteiger partial charge in [-0.15, -0.1) is 0 Å². The third-order valence-corrected chi connectivity index (χ3v) is 3.31. The number of aryl methyl sites for hydroxylation is 2. The van der Waals surface area contributed by atoms with Crippen LogP contribution in [0.5, 0.6) is 11.5 Å². The monoisotopic (exact) mass is 263 g/mol. The van der Waals surface area contributed by atoms with E-state index in [0.29, 0.717) is 17.2 Å². The fourth-order valence-corrected chi connectivity index (χ4v) is 2.37. The first-order valence-electron chi connectivity index (χ1n) is 5.84. The Morgan fingerprint density at radius 1 is 1.16 bits per heavy atom. The predicted molar refractivity (Wildman–Crippen MR) is 72.1 cm³/mol. The van der Waals surface area contributed by atoms with Crippen LogP contribution >= 0.6 is 0 Å². The van der Waals surface area contributed by atoms with Crippen LogP contribution in [0.4, 0.5) is 0 Å². The van der Waals surface area contributed by atoms with Crippen molar-refractivity contribution in [1.29, 1.82) is 0 Å². The van der Waals surface area contributed by atoms with E-state index >= 15 is 0 Å². The molecule has 102 valence electrons. The molecule has 0 atom stereocenters. The molecule has 19 heavy (non-hydrogen) atoms. The normalized spacial score (nSPS) is 10.6. The molecule has 0 amide bonds. The maximum atomic E-state index is 11.9. The first-order chi connectivity index (χ1) is 9.04. The summed E-state index contributed by atoms with van der Waals surface area (Å²) in [6.07, 6.45) is 0. The summed E-state index contributed by atoms with van der Waals surface area (Å²) in [5.41, 5.74) is 2.21. The molecular formula is C14H17NO4. The summed E-state index contributed by atoms with van der Waals surface area (Å²) in [4.78, 5) is 11.9. The average molecular weight is 263 g/mol. The zero-order chi connectivity index (χ0) is 14.2. The number of hydrogen-bond acceptors (Lipinski definition) is 4. The zero-order valence-electron chi connectivity index (χ0n) is 11.7. The summed E-state index contributed by atoms with van der Waals surface area (Å²) in [6.45, 7) is 1.88. The van der Waals surface area contributed by atoms with E-state index in [1.165, 1.54) is 7.11 Å². The Hall–Kier alpha value is -2.17. The molecule has 0 N–H and O–H groups in total. The van der Waals surface area contributed by atoms with Gasteiger partial charge in [-0.2, -0.15) is 0 Å². The van der Waals surface area contributed by atoms with Gasteiger partial charge in [0.2, 0.25) is 0 Å². The molecule has 0 aliphatic carbocycles. The summed E-state index contributed by atoms with van der Waals surface area (Å²) < 4.78 is 17.2. The largest absolute Gasteiger partial charge is 0.497 e. The van der Waals surface area contributed by atoms with Gasteiger partial charge in [-0.25, -0.2) is 4.79 Å². The number of nitrogens with zero attached hydrogens (tertiary/aromatic N) is 1. The van der Waals surface area contributed by atoms with Gasteiger partial charge in [0, 0.05) is 18.5 Å². The summed E-state index contributed by atoms with van der Waals surface area (Å²) in [5.74, 6) is 0.988. The molecule has 5 nitrogen and oxygen atoms in total. The van der Waals surface area contributed by atoms with Gasteiger partial charge in [-0.1, -0.05) is 0 Å². The molecular weight excluding hydrogens is 246 g/mol. The molecule has 0 fully saturated rings. The molecule has 5 heteroatoms. The molecule has 0 aliphatic rings. The maximum Gasteiger partial charge on any atom is 0.354 e. The van der Waals surface area contributed by atoms with Gasteiger partial charge in [0.25, 0.3) is 0 Å². The second kappa shape index (κ2) is 4.84. The van der Waals surface area contributed by atoms with E-state index in [1.807, 2.05) is 20.0 Å². The van der Waals surface area contributed by atoms with Crippen LogP contribution in [0.2, 0.25) is 0 Å². The molecule has 1 heterocycles. The third kappa shape index (κ3) is 1.91. The lowest BCUT2D eigenvalue weighted by Crippen LogP contribution is -2.09. The Labute approximate surface area is 111 Å². The van der Waals surface area contributed by atoms with Gasteiger partial charge >= 0.3 is 5.97 Å². The maximum absolute atomic E-state index is 11.9. The van der Waals surface area contributed by atoms with Crippen molar-refractivity contribution in [1.82, 2.24) is 4.57 Å². The fourth-order valence-electron chi connectivity index (χ4n) is 2.37. The number of aromatic nitrogens is 1. The minimum absolute atomic E-state index is 0.364. The number of benzene rings is 1. The molecule has 2 aromatic rings. The molecule has 0 bridgehead atoms. The van der Waals surface area contributed by atoms with Crippen molar-refractivity contribution >= 4 is 16.9 Å². The van der Waals surface area contributed by atoms with E-state index in [-0.39, 0.29) is 5.97 Å². The Kier molecular flexibility index (Phi) is 3.38. The van der Waals surface area contributed by atoms with Crippen LogP contribution in [0, 0.1) is 6.92 Å². The zero-order valence-corrected chi connectivity index (χ0v) is 11.7. The molecule has 1 aromatic carbocycles. The van der Waals surface area contributed by atoms with E-state index in [4.69, 9.17) is 14.2 Å². The molecule has 0 radical (unpaired) electrons. The van der Waals surface area contributed by atoms with Gasteiger partial charge < -0.3 is 18.8 Å². The number of ether oxygens (including phenoxy) is 3. The first kappa shape index (κ1) is 13.3. The van der Waals surface area contributed by atoms with Crippen molar-refractivity contribution in [3.8, 4) is 11.5 Å². The number of esters is 1. The Morgan fingerprint density at radius 3 is 2.37 bits per heavy atom. The standard InChI is InChI=1S/C14H17NO4/c1-8-10-6-9(17-3)7-11(18-4)13(10)15(2)12(8)14(16)19-5/h6-7H,1-5H3. The van der Waals surface area contributed by atoms with Crippen LogP contribution in [-0.4, -0.2) is 31.9 Å². The predicted octanol–water partition coefficient (Wildman–Crippen LogP) is 2.29. The van der Waals surface area contributed by atoms with E-state index < -0.39 is 0 Å². The van der Waals surface area contributed by atoms with Crippen molar-refractivity contribution in [3.63, 3.8) is 0 Å². The number of rotatable bonds is 3. The minimum Gasteiger partial charge on any atom is -0.497 e. The molecule has 0 spiro atoms. The number of fused-ring (bicyclic) bond motifs is 1. The first-order valence-corrected chi connectivity index (χ1v) is 5.84. The second-order valence-electron chi connectivity index (χ2n) is 4.25. The van der Waals surface area contributed by atoms with E-state index in [2.05, 4.69) is 0 Å². The molecule has 0 aliphatic heterocycles. The van der Waals surface area contributed by atoms with Crippen LogP contribution in [0.1, 0.15) is 16.1 Å². The van der Waals surface area contributed by atoms with E-state index in [9.17, 15) is 4.79 Å². The van der Waals surface area contributed by atoms with Gasteiger partial charge in [-0.05, 0) is 18.6 Å². The number of hydrogen-bond donors (Lipinski definition) is 0. The molecule has 0 unspecified atom stereocenters. The van der Waals surface area contributed by atoms with Crippen molar-refractivity contribution < 1.29 is 19.0 Å². The lowest BCUT2D eigenvalue weighted by Gasteiger charge is -2.08. The lowest BCUT2D eigenvalue weighted by atomic mass is 10.1.